The molecule has 2 aliphatic rings. The number of carbonyl (C=O) groups is 1. The predicted molar refractivity (Wildman–Crippen MR) is 84.4 cm³/mol. The van der Waals surface area contributed by atoms with Crippen LogP contribution in [0, 0.1) is 5.41 Å². The highest BCUT2D eigenvalue weighted by Gasteiger charge is 2.41. The van der Waals surface area contributed by atoms with E-state index in [9.17, 15) is 4.79 Å². The minimum atomic E-state index is -0.751. The molecule has 0 aromatic carbocycles. The van der Waals surface area contributed by atoms with Crippen molar-refractivity contribution >= 4 is 5.97 Å². The second-order valence-electron chi connectivity index (χ2n) is 6.13. The lowest BCUT2D eigenvalue weighted by Gasteiger charge is -2.35. The molecule has 0 amide bonds. The summed E-state index contributed by atoms with van der Waals surface area (Å²) in [7, 11) is 4.84. The fourth-order valence-electron chi connectivity index (χ4n) is 3.46. The fourth-order valence-corrected chi connectivity index (χ4v) is 3.46. The topological polar surface area (TPSA) is 48.0 Å². The highest BCUT2D eigenvalue weighted by Crippen LogP contribution is 2.39. The van der Waals surface area contributed by atoms with Crippen LogP contribution in [0.1, 0.15) is 26.2 Å². The number of likely N-dealkylation sites (tertiary alicyclic amines) is 1. The van der Waals surface area contributed by atoms with Crippen molar-refractivity contribution in [2.75, 3.05) is 41.0 Å². The van der Waals surface area contributed by atoms with E-state index in [1.807, 2.05) is 19.1 Å². The Labute approximate surface area is 132 Å². The molecule has 0 aromatic heterocycles. The Morgan fingerprint density at radius 2 is 2.18 bits per heavy atom. The van der Waals surface area contributed by atoms with Crippen LogP contribution in [0.4, 0.5) is 0 Å². The lowest BCUT2D eigenvalue weighted by atomic mass is 9.77. The van der Waals surface area contributed by atoms with Crippen LogP contribution in [-0.4, -0.2) is 57.9 Å². The summed E-state index contributed by atoms with van der Waals surface area (Å²) in [6.45, 7) is 4.37. The van der Waals surface area contributed by atoms with Crippen molar-refractivity contribution in [3.8, 4) is 0 Å². The maximum atomic E-state index is 12.3. The average Bonchev–Trinajstić information content (AvgIpc) is 2.96. The summed E-state index contributed by atoms with van der Waals surface area (Å²) in [5.74, 6) is 0.633. The SMILES string of the molecule is COC[C@@H]1CCCN1CC1=C(OC)CC=C[C@]1(C)C(=O)OC. The second-order valence-corrected chi connectivity index (χ2v) is 6.13. The molecule has 0 radical (unpaired) electrons. The Kier molecular flexibility index (Phi) is 5.64. The molecule has 0 aromatic rings. The van der Waals surface area contributed by atoms with Gasteiger partial charge in [0.25, 0.3) is 0 Å². The molecule has 0 bridgehead atoms. The minimum absolute atomic E-state index is 0.240. The van der Waals surface area contributed by atoms with Crippen LogP contribution in [0.15, 0.2) is 23.5 Å². The van der Waals surface area contributed by atoms with Gasteiger partial charge in [0.2, 0.25) is 0 Å². The van der Waals surface area contributed by atoms with Crippen molar-refractivity contribution in [2.45, 2.75) is 32.2 Å². The third kappa shape index (κ3) is 3.20. The van der Waals surface area contributed by atoms with E-state index in [-0.39, 0.29) is 5.97 Å². The Balaban J connectivity index is 2.26. The standard InChI is InChI=1S/C17H27NO4/c1-17(16(19)22-4)9-5-8-15(21-3)14(17)11-18-10-6-7-13(18)12-20-2/h5,9,13H,6-8,10-12H2,1-4H3/t13-,17-/m0/s1. The largest absolute Gasteiger partial charge is 0.501 e. The quantitative estimate of drug-likeness (QED) is 0.556. The summed E-state index contributed by atoms with van der Waals surface area (Å²) in [6.07, 6.45) is 6.94. The van der Waals surface area contributed by atoms with Crippen LogP contribution in [0.5, 0.6) is 0 Å². The van der Waals surface area contributed by atoms with E-state index in [0.29, 0.717) is 12.6 Å². The monoisotopic (exact) mass is 309 g/mol. The van der Waals surface area contributed by atoms with Gasteiger partial charge in [-0.2, -0.15) is 0 Å². The van der Waals surface area contributed by atoms with Crippen molar-refractivity contribution < 1.29 is 19.0 Å². The highest BCUT2D eigenvalue weighted by atomic mass is 16.5. The van der Waals surface area contributed by atoms with Gasteiger partial charge in [-0.05, 0) is 26.3 Å². The molecular weight excluding hydrogens is 282 g/mol. The minimum Gasteiger partial charge on any atom is -0.501 e. The molecule has 124 valence electrons. The van der Waals surface area contributed by atoms with E-state index in [1.165, 1.54) is 7.11 Å². The highest BCUT2D eigenvalue weighted by molar-refractivity contribution is 5.83. The number of esters is 1. The lowest BCUT2D eigenvalue weighted by Crippen LogP contribution is -2.41. The van der Waals surface area contributed by atoms with Gasteiger partial charge in [0, 0.05) is 31.7 Å². The summed E-state index contributed by atoms with van der Waals surface area (Å²) in [6, 6.07) is 0.406. The van der Waals surface area contributed by atoms with Gasteiger partial charge in [-0.25, -0.2) is 0 Å². The predicted octanol–water partition coefficient (Wildman–Crippen LogP) is 2.14. The van der Waals surface area contributed by atoms with Gasteiger partial charge in [-0.1, -0.05) is 12.2 Å². The lowest BCUT2D eigenvalue weighted by molar-refractivity contribution is -0.147. The van der Waals surface area contributed by atoms with E-state index in [0.717, 1.165) is 43.7 Å². The Bertz CT molecular complexity index is 471. The number of carbonyl (C=O) groups excluding carboxylic acids is 1. The second kappa shape index (κ2) is 7.29. The first-order valence-electron chi connectivity index (χ1n) is 7.82. The average molecular weight is 309 g/mol. The molecule has 1 saturated heterocycles. The van der Waals surface area contributed by atoms with E-state index in [4.69, 9.17) is 14.2 Å². The van der Waals surface area contributed by atoms with Crippen molar-refractivity contribution in [1.29, 1.82) is 0 Å². The van der Waals surface area contributed by atoms with E-state index < -0.39 is 5.41 Å². The van der Waals surface area contributed by atoms with Gasteiger partial charge in [0.1, 0.15) is 11.2 Å². The van der Waals surface area contributed by atoms with E-state index >= 15 is 0 Å². The number of nitrogens with zero attached hydrogens (tertiary/aromatic N) is 1. The summed E-state index contributed by atoms with van der Waals surface area (Å²) in [5.41, 5.74) is 0.255. The summed E-state index contributed by atoms with van der Waals surface area (Å²) in [4.78, 5) is 14.7. The summed E-state index contributed by atoms with van der Waals surface area (Å²) in [5, 5.41) is 0. The first-order valence-corrected chi connectivity index (χ1v) is 7.82. The number of methoxy groups -OCH3 is 3. The van der Waals surface area contributed by atoms with Crippen LogP contribution in [0.2, 0.25) is 0 Å². The van der Waals surface area contributed by atoms with Gasteiger partial charge in [0.15, 0.2) is 0 Å². The molecular formula is C17H27NO4. The zero-order chi connectivity index (χ0) is 16.2. The molecule has 22 heavy (non-hydrogen) atoms. The molecule has 0 unspecified atom stereocenters. The molecule has 0 saturated carbocycles. The van der Waals surface area contributed by atoms with E-state index in [1.54, 1.807) is 14.2 Å². The Hall–Kier alpha value is -1.33. The number of rotatable bonds is 6. The van der Waals surface area contributed by atoms with Crippen molar-refractivity contribution in [1.82, 2.24) is 4.90 Å². The zero-order valence-electron chi connectivity index (χ0n) is 14.1. The molecule has 0 spiro atoms. The molecule has 5 nitrogen and oxygen atoms in total. The van der Waals surface area contributed by atoms with Crippen molar-refractivity contribution in [2.24, 2.45) is 5.41 Å². The molecule has 1 aliphatic heterocycles. The van der Waals surface area contributed by atoms with Gasteiger partial charge in [-0.3, -0.25) is 9.69 Å². The smallest absolute Gasteiger partial charge is 0.319 e. The van der Waals surface area contributed by atoms with Crippen LogP contribution in [-0.2, 0) is 19.0 Å². The normalized spacial score (nSPS) is 29.0. The van der Waals surface area contributed by atoms with Crippen LogP contribution in [0.25, 0.3) is 0 Å². The number of hydrogen-bond acceptors (Lipinski definition) is 5. The molecule has 2 rings (SSSR count). The van der Waals surface area contributed by atoms with E-state index in [2.05, 4.69) is 4.90 Å². The third-order valence-corrected chi connectivity index (χ3v) is 4.79. The third-order valence-electron chi connectivity index (χ3n) is 4.79. The molecule has 0 N–H and O–H groups in total. The van der Waals surface area contributed by atoms with Crippen molar-refractivity contribution in [3.05, 3.63) is 23.5 Å². The Morgan fingerprint density at radius 3 is 2.82 bits per heavy atom. The van der Waals surface area contributed by atoms with Crippen LogP contribution < -0.4 is 0 Å². The van der Waals surface area contributed by atoms with Gasteiger partial charge in [-0.15, -0.1) is 0 Å². The number of ether oxygens (including phenoxy) is 3. The molecule has 1 aliphatic carbocycles. The maximum Gasteiger partial charge on any atom is 0.319 e. The maximum absolute atomic E-state index is 12.3. The molecule has 2 atom stereocenters. The fraction of sp³-hybridized carbons (Fsp3) is 0.706. The first-order chi connectivity index (χ1) is 10.6. The summed E-state index contributed by atoms with van der Waals surface area (Å²) >= 11 is 0. The number of hydrogen-bond donors (Lipinski definition) is 0. The van der Waals surface area contributed by atoms with Crippen LogP contribution >= 0.6 is 0 Å². The molecule has 5 heteroatoms. The van der Waals surface area contributed by atoms with Gasteiger partial charge >= 0.3 is 5.97 Å². The van der Waals surface area contributed by atoms with Crippen molar-refractivity contribution in [3.63, 3.8) is 0 Å². The summed E-state index contributed by atoms with van der Waals surface area (Å²) < 4.78 is 15.9. The molecule has 1 heterocycles. The zero-order valence-corrected chi connectivity index (χ0v) is 14.1. The Morgan fingerprint density at radius 1 is 1.41 bits per heavy atom. The van der Waals surface area contributed by atoms with Crippen LogP contribution in [0.3, 0.4) is 0 Å². The number of allylic oxidation sites excluding steroid dienone is 1. The van der Waals surface area contributed by atoms with Gasteiger partial charge in [0.05, 0.1) is 20.8 Å². The first kappa shape index (κ1) is 17.0. The van der Waals surface area contributed by atoms with Gasteiger partial charge < -0.3 is 14.2 Å². The molecule has 1 fully saturated rings.